The standard InChI is InChI=1S/C16H19N3O3/c1-2-4-13-12(3-1)20-10-14(21-13)16-18-15(22-19-16)9-11-5-7-17-8-6-11/h1-4,11,14,17H,5-10H2. The molecule has 0 saturated carbocycles. The molecule has 0 radical (unpaired) electrons. The first-order valence-electron chi connectivity index (χ1n) is 7.80. The predicted molar refractivity (Wildman–Crippen MR) is 78.9 cm³/mol. The summed E-state index contributed by atoms with van der Waals surface area (Å²) in [6.45, 7) is 2.55. The molecule has 22 heavy (non-hydrogen) atoms. The van der Waals surface area contributed by atoms with E-state index < -0.39 is 0 Å². The monoisotopic (exact) mass is 301 g/mol. The number of nitrogens with one attached hydrogen (secondary N) is 1. The van der Waals surface area contributed by atoms with Gasteiger partial charge in [-0.15, -0.1) is 0 Å². The Balaban J connectivity index is 1.43. The van der Waals surface area contributed by atoms with Crippen LogP contribution in [-0.4, -0.2) is 29.8 Å². The van der Waals surface area contributed by atoms with Crippen molar-refractivity contribution in [1.29, 1.82) is 0 Å². The fourth-order valence-corrected chi connectivity index (χ4v) is 2.96. The van der Waals surface area contributed by atoms with E-state index in [0.717, 1.165) is 43.9 Å². The molecule has 1 atom stereocenters. The van der Waals surface area contributed by atoms with Crippen LogP contribution < -0.4 is 14.8 Å². The van der Waals surface area contributed by atoms with Gasteiger partial charge in [0.2, 0.25) is 11.7 Å². The van der Waals surface area contributed by atoms with E-state index in [9.17, 15) is 0 Å². The fraction of sp³-hybridized carbons (Fsp3) is 0.500. The van der Waals surface area contributed by atoms with Gasteiger partial charge in [0, 0.05) is 6.42 Å². The van der Waals surface area contributed by atoms with Crippen LogP contribution in [0.3, 0.4) is 0 Å². The Morgan fingerprint density at radius 2 is 1.95 bits per heavy atom. The normalized spacial score (nSPS) is 21.7. The lowest BCUT2D eigenvalue weighted by atomic mass is 9.95. The number of nitrogens with zero attached hydrogens (tertiary/aromatic N) is 2. The average molecular weight is 301 g/mol. The second-order valence-electron chi connectivity index (χ2n) is 5.81. The summed E-state index contributed by atoms with van der Waals surface area (Å²) in [5.41, 5.74) is 0. The van der Waals surface area contributed by atoms with E-state index in [1.165, 1.54) is 0 Å². The fourth-order valence-electron chi connectivity index (χ4n) is 2.96. The Morgan fingerprint density at radius 1 is 1.14 bits per heavy atom. The van der Waals surface area contributed by atoms with Crippen molar-refractivity contribution >= 4 is 0 Å². The molecule has 2 aliphatic heterocycles. The highest BCUT2D eigenvalue weighted by molar-refractivity contribution is 5.40. The van der Waals surface area contributed by atoms with E-state index in [4.69, 9.17) is 14.0 Å². The second-order valence-corrected chi connectivity index (χ2v) is 5.81. The Kier molecular flexibility index (Phi) is 3.68. The summed E-state index contributed by atoms with van der Waals surface area (Å²) in [6, 6.07) is 7.62. The van der Waals surface area contributed by atoms with Crippen molar-refractivity contribution in [3.05, 3.63) is 36.0 Å². The smallest absolute Gasteiger partial charge is 0.227 e. The van der Waals surface area contributed by atoms with Gasteiger partial charge in [-0.1, -0.05) is 17.3 Å². The van der Waals surface area contributed by atoms with E-state index in [2.05, 4.69) is 15.5 Å². The highest BCUT2D eigenvalue weighted by Gasteiger charge is 2.27. The molecule has 1 aromatic carbocycles. The van der Waals surface area contributed by atoms with Crippen molar-refractivity contribution in [1.82, 2.24) is 15.5 Å². The highest BCUT2D eigenvalue weighted by Crippen LogP contribution is 2.35. The van der Waals surface area contributed by atoms with E-state index >= 15 is 0 Å². The molecule has 116 valence electrons. The zero-order valence-electron chi connectivity index (χ0n) is 12.3. The first kappa shape index (κ1) is 13.6. The summed E-state index contributed by atoms with van der Waals surface area (Å²) in [7, 11) is 0. The SMILES string of the molecule is c1ccc2c(c1)OCC(c1noc(CC3CCNCC3)n1)O2. The number of para-hydroxylation sites is 2. The lowest BCUT2D eigenvalue weighted by molar-refractivity contribution is 0.0832. The van der Waals surface area contributed by atoms with Crippen LogP contribution in [0.4, 0.5) is 0 Å². The predicted octanol–water partition coefficient (Wildman–Crippen LogP) is 2.12. The Hall–Kier alpha value is -2.08. The minimum Gasteiger partial charge on any atom is -0.485 e. The van der Waals surface area contributed by atoms with Crippen molar-refractivity contribution < 1.29 is 14.0 Å². The van der Waals surface area contributed by atoms with Gasteiger partial charge in [-0.05, 0) is 44.0 Å². The Bertz CT molecular complexity index is 637. The molecule has 4 rings (SSSR count). The minimum atomic E-state index is -0.305. The maximum Gasteiger partial charge on any atom is 0.227 e. The first-order chi connectivity index (χ1) is 10.9. The summed E-state index contributed by atoms with van der Waals surface area (Å²) in [4.78, 5) is 4.50. The molecule has 1 fully saturated rings. The molecule has 1 N–H and O–H groups in total. The molecule has 2 aliphatic rings. The van der Waals surface area contributed by atoms with Gasteiger partial charge in [0.05, 0.1) is 0 Å². The maximum atomic E-state index is 5.90. The molecule has 1 unspecified atom stereocenters. The molecule has 0 aliphatic carbocycles. The summed E-state index contributed by atoms with van der Waals surface area (Å²) in [5.74, 6) is 3.38. The summed E-state index contributed by atoms with van der Waals surface area (Å²) >= 11 is 0. The van der Waals surface area contributed by atoms with Crippen LogP contribution in [0.15, 0.2) is 28.8 Å². The van der Waals surface area contributed by atoms with Gasteiger partial charge in [0.25, 0.3) is 0 Å². The van der Waals surface area contributed by atoms with Crippen molar-refractivity contribution in [2.45, 2.75) is 25.4 Å². The number of fused-ring (bicyclic) bond motifs is 1. The van der Waals surface area contributed by atoms with Crippen LogP contribution >= 0.6 is 0 Å². The number of hydrogen-bond acceptors (Lipinski definition) is 6. The molecule has 1 aromatic heterocycles. The van der Waals surface area contributed by atoms with Crippen LogP contribution in [0.25, 0.3) is 0 Å². The van der Waals surface area contributed by atoms with Gasteiger partial charge in [0.15, 0.2) is 17.6 Å². The number of benzene rings is 1. The third-order valence-corrected chi connectivity index (χ3v) is 4.20. The van der Waals surface area contributed by atoms with Crippen molar-refractivity contribution in [3.8, 4) is 11.5 Å². The van der Waals surface area contributed by atoms with Crippen molar-refractivity contribution in [2.24, 2.45) is 5.92 Å². The lowest BCUT2D eigenvalue weighted by Crippen LogP contribution is -2.28. The third-order valence-electron chi connectivity index (χ3n) is 4.20. The number of rotatable bonds is 3. The summed E-state index contributed by atoms with van der Waals surface area (Å²) in [6.07, 6.45) is 2.86. The van der Waals surface area contributed by atoms with Gasteiger partial charge in [-0.25, -0.2) is 0 Å². The molecular formula is C16H19N3O3. The molecule has 0 amide bonds. The molecule has 3 heterocycles. The zero-order valence-corrected chi connectivity index (χ0v) is 12.3. The van der Waals surface area contributed by atoms with E-state index in [1.54, 1.807) is 0 Å². The topological polar surface area (TPSA) is 69.4 Å². The third kappa shape index (κ3) is 2.78. The van der Waals surface area contributed by atoms with E-state index in [-0.39, 0.29) is 6.10 Å². The second kappa shape index (κ2) is 5.96. The number of ether oxygens (including phenoxy) is 2. The number of piperidine rings is 1. The molecule has 6 heteroatoms. The quantitative estimate of drug-likeness (QED) is 0.936. The van der Waals surface area contributed by atoms with Gasteiger partial charge in [-0.2, -0.15) is 4.98 Å². The summed E-state index contributed by atoms with van der Waals surface area (Å²) < 4.78 is 17.0. The molecule has 0 spiro atoms. The Morgan fingerprint density at radius 3 is 2.82 bits per heavy atom. The van der Waals surface area contributed by atoms with Crippen LogP contribution in [-0.2, 0) is 6.42 Å². The van der Waals surface area contributed by atoms with Gasteiger partial charge >= 0.3 is 0 Å². The first-order valence-corrected chi connectivity index (χ1v) is 7.80. The molecule has 1 saturated heterocycles. The molecule has 6 nitrogen and oxygen atoms in total. The van der Waals surface area contributed by atoms with Crippen LogP contribution in [0.2, 0.25) is 0 Å². The molecule has 2 aromatic rings. The molecule has 0 bridgehead atoms. The van der Waals surface area contributed by atoms with E-state index in [1.807, 2.05) is 24.3 Å². The Labute approximate surface area is 128 Å². The van der Waals surface area contributed by atoms with Gasteiger partial charge < -0.3 is 19.3 Å². The van der Waals surface area contributed by atoms with Gasteiger partial charge in [-0.3, -0.25) is 0 Å². The lowest BCUT2D eigenvalue weighted by Gasteiger charge is -2.24. The van der Waals surface area contributed by atoms with Crippen LogP contribution in [0.5, 0.6) is 11.5 Å². The highest BCUT2D eigenvalue weighted by atomic mass is 16.6. The van der Waals surface area contributed by atoms with Crippen LogP contribution in [0, 0.1) is 5.92 Å². The zero-order chi connectivity index (χ0) is 14.8. The average Bonchev–Trinajstić information content (AvgIpc) is 3.04. The van der Waals surface area contributed by atoms with Crippen molar-refractivity contribution in [2.75, 3.05) is 19.7 Å². The largest absolute Gasteiger partial charge is 0.485 e. The summed E-state index contributed by atoms with van der Waals surface area (Å²) in [5, 5.41) is 7.44. The van der Waals surface area contributed by atoms with Gasteiger partial charge in [0.1, 0.15) is 6.61 Å². The maximum absolute atomic E-state index is 5.90. The van der Waals surface area contributed by atoms with E-state index in [0.29, 0.717) is 24.2 Å². The number of aromatic nitrogens is 2. The van der Waals surface area contributed by atoms with Crippen LogP contribution in [0.1, 0.15) is 30.7 Å². The minimum absolute atomic E-state index is 0.305. The van der Waals surface area contributed by atoms with Crippen molar-refractivity contribution in [3.63, 3.8) is 0 Å². The number of hydrogen-bond donors (Lipinski definition) is 1. The molecular weight excluding hydrogens is 282 g/mol.